The Morgan fingerprint density at radius 3 is 2.00 bits per heavy atom. The van der Waals surface area contributed by atoms with Crippen LogP contribution >= 0.6 is 0 Å². The van der Waals surface area contributed by atoms with E-state index in [4.69, 9.17) is 4.74 Å². The lowest BCUT2D eigenvalue weighted by Crippen LogP contribution is -2.51. The molecule has 0 saturated carbocycles. The Morgan fingerprint density at radius 2 is 1.54 bits per heavy atom. The number of rotatable bonds is 6. The van der Waals surface area contributed by atoms with Crippen molar-refractivity contribution in [2.24, 2.45) is 5.92 Å². The van der Waals surface area contributed by atoms with Crippen LogP contribution in [-0.2, 0) is 9.53 Å². The molecule has 0 saturated heterocycles. The SMILES string of the molecule is CC(C)C(O)C(C(=O)O)N(C)C(=O)OCC1c2ccccc2-c2ccccc21. The number of aliphatic hydroxyl groups excluding tert-OH is 1. The molecule has 3 rings (SSSR count). The van der Waals surface area contributed by atoms with Gasteiger partial charge >= 0.3 is 12.1 Å². The van der Waals surface area contributed by atoms with Gasteiger partial charge in [-0.1, -0.05) is 62.4 Å². The van der Waals surface area contributed by atoms with E-state index in [9.17, 15) is 19.8 Å². The molecule has 2 aromatic rings. The van der Waals surface area contributed by atoms with Crippen LogP contribution < -0.4 is 0 Å². The number of hydrogen-bond acceptors (Lipinski definition) is 4. The summed E-state index contributed by atoms with van der Waals surface area (Å²) in [6.07, 6.45) is -1.96. The number of aliphatic hydroxyl groups is 1. The Bertz CT molecular complexity index is 833. The monoisotopic (exact) mass is 383 g/mol. The lowest BCUT2D eigenvalue weighted by atomic mass is 9.98. The third-order valence-corrected chi connectivity index (χ3v) is 5.30. The van der Waals surface area contributed by atoms with Gasteiger partial charge in [-0.15, -0.1) is 0 Å². The summed E-state index contributed by atoms with van der Waals surface area (Å²) in [6.45, 7) is 3.50. The van der Waals surface area contributed by atoms with E-state index in [2.05, 4.69) is 0 Å². The average Bonchev–Trinajstić information content (AvgIpc) is 2.99. The van der Waals surface area contributed by atoms with Gasteiger partial charge in [0, 0.05) is 13.0 Å². The van der Waals surface area contributed by atoms with Crippen molar-refractivity contribution in [1.29, 1.82) is 0 Å². The molecule has 1 amide bonds. The Labute approximate surface area is 164 Å². The zero-order chi connectivity index (χ0) is 20.4. The maximum absolute atomic E-state index is 12.5. The lowest BCUT2D eigenvalue weighted by Gasteiger charge is -2.30. The number of fused-ring (bicyclic) bond motifs is 3. The van der Waals surface area contributed by atoms with Crippen LogP contribution in [0.2, 0.25) is 0 Å². The third-order valence-electron chi connectivity index (χ3n) is 5.30. The molecule has 2 aromatic carbocycles. The fraction of sp³-hybridized carbons (Fsp3) is 0.364. The molecule has 0 aliphatic heterocycles. The molecule has 2 N–H and O–H groups in total. The highest BCUT2D eigenvalue weighted by molar-refractivity contribution is 5.81. The zero-order valence-electron chi connectivity index (χ0n) is 16.2. The highest BCUT2D eigenvalue weighted by Gasteiger charge is 2.36. The van der Waals surface area contributed by atoms with Crippen LogP contribution in [0.1, 0.15) is 30.9 Å². The van der Waals surface area contributed by atoms with E-state index in [-0.39, 0.29) is 18.4 Å². The van der Waals surface area contributed by atoms with Crippen molar-refractivity contribution in [2.75, 3.05) is 13.7 Å². The van der Waals surface area contributed by atoms with Crippen LogP contribution in [0.3, 0.4) is 0 Å². The first-order valence-electron chi connectivity index (χ1n) is 9.31. The molecule has 0 bridgehead atoms. The average molecular weight is 383 g/mol. The molecular formula is C22H25NO5. The normalized spacial score (nSPS) is 14.9. The highest BCUT2D eigenvalue weighted by Crippen LogP contribution is 2.44. The Balaban J connectivity index is 1.77. The Kier molecular flexibility index (Phi) is 5.70. The van der Waals surface area contributed by atoms with E-state index in [1.807, 2.05) is 48.5 Å². The summed E-state index contributed by atoms with van der Waals surface area (Å²) in [5.41, 5.74) is 4.39. The van der Waals surface area contributed by atoms with Crippen molar-refractivity contribution >= 4 is 12.1 Å². The molecule has 2 unspecified atom stereocenters. The number of nitrogens with zero attached hydrogens (tertiary/aromatic N) is 1. The van der Waals surface area contributed by atoms with Crippen molar-refractivity contribution in [3.63, 3.8) is 0 Å². The van der Waals surface area contributed by atoms with Crippen molar-refractivity contribution < 1.29 is 24.5 Å². The number of carbonyl (C=O) groups is 2. The topological polar surface area (TPSA) is 87.1 Å². The van der Waals surface area contributed by atoms with Crippen LogP contribution in [-0.4, -0.2) is 53.0 Å². The second kappa shape index (κ2) is 8.02. The van der Waals surface area contributed by atoms with Crippen molar-refractivity contribution in [2.45, 2.75) is 31.9 Å². The number of likely N-dealkylation sites (N-methyl/N-ethyl adjacent to an activating group) is 1. The van der Waals surface area contributed by atoms with E-state index >= 15 is 0 Å². The summed E-state index contributed by atoms with van der Waals surface area (Å²) in [4.78, 5) is 25.1. The number of hydrogen-bond donors (Lipinski definition) is 2. The van der Waals surface area contributed by atoms with Gasteiger partial charge in [-0.05, 0) is 28.2 Å². The van der Waals surface area contributed by atoms with Gasteiger partial charge in [-0.25, -0.2) is 9.59 Å². The van der Waals surface area contributed by atoms with Crippen LogP contribution in [0.5, 0.6) is 0 Å². The summed E-state index contributed by atoms with van der Waals surface area (Å²) in [5.74, 6) is -1.69. The minimum absolute atomic E-state index is 0.0985. The van der Waals surface area contributed by atoms with Crippen LogP contribution in [0, 0.1) is 5.92 Å². The van der Waals surface area contributed by atoms with E-state index in [0.717, 1.165) is 27.2 Å². The maximum Gasteiger partial charge on any atom is 0.410 e. The zero-order valence-corrected chi connectivity index (χ0v) is 16.2. The predicted octanol–water partition coefficient (Wildman–Crippen LogP) is 3.34. The van der Waals surface area contributed by atoms with Gasteiger partial charge in [0.2, 0.25) is 0 Å². The number of benzene rings is 2. The highest BCUT2D eigenvalue weighted by atomic mass is 16.6. The second-order valence-electron chi connectivity index (χ2n) is 7.43. The number of carbonyl (C=O) groups excluding carboxylic acids is 1. The van der Waals surface area contributed by atoms with Gasteiger partial charge in [0.05, 0.1) is 6.10 Å². The van der Waals surface area contributed by atoms with Gasteiger partial charge in [-0.2, -0.15) is 0 Å². The molecule has 148 valence electrons. The van der Waals surface area contributed by atoms with Crippen LogP contribution in [0.4, 0.5) is 4.79 Å². The molecule has 6 heteroatoms. The molecule has 28 heavy (non-hydrogen) atoms. The first-order valence-corrected chi connectivity index (χ1v) is 9.31. The first-order chi connectivity index (χ1) is 13.3. The van der Waals surface area contributed by atoms with Gasteiger partial charge < -0.3 is 14.9 Å². The van der Waals surface area contributed by atoms with Gasteiger partial charge in [0.25, 0.3) is 0 Å². The molecule has 0 aromatic heterocycles. The number of amides is 1. The number of aliphatic carboxylic acids is 1. The van der Waals surface area contributed by atoms with Crippen molar-refractivity contribution in [3.05, 3.63) is 59.7 Å². The lowest BCUT2D eigenvalue weighted by molar-refractivity contribution is -0.147. The van der Waals surface area contributed by atoms with Crippen molar-refractivity contribution in [1.82, 2.24) is 4.90 Å². The van der Waals surface area contributed by atoms with Crippen molar-refractivity contribution in [3.8, 4) is 11.1 Å². The first kappa shape index (κ1) is 19.9. The van der Waals surface area contributed by atoms with Gasteiger partial charge in [0.1, 0.15) is 6.61 Å². The number of carboxylic acids is 1. The van der Waals surface area contributed by atoms with E-state index in [1.165, 1.54) is 7.05 Å². The molecule has 0 heterocycles. The smallest absolute Gasteiger partial charge is 0.410 e. The number of ether oxygens (including phenoxy) is 1. The third kappa shape index (κ3) is 3.60. The molecule has 0 fully saturated rings. The molecule has 2 atom stereocenters. The fourth-order valence-corrected chi connectivity index (χ4v) is 3.71. The largest absolute Gasteiger partial charge is 0.480 e. The quantitative estimate of drug-likeness (QED) is 0.799. The molecule has 6 nitrogen and oxygen atoms in total. The minimum Gasteiger partial charge on any atom is -0.480 e. The number of carboxylic acid groups (broad SMARTS) is 1. The standard InChI is InChI=1S/C22H25NO5/c1-13(2)20(24)19(21(25)26)23(3)22(27)28-12-18-16-10-6-4-8-14(16)15-9-5-7-11-17(15)18/h4-11,13,18-20,24H,12H2,1-3H3,(H,25,26). The minimum atomic E-state index is -1.37. The van der Waals surface area contributed by atoms with E-state index < -0.39 is 24.2 Å². The van der Waals surface area contributed by atoms with Gasteiger partial charge in [-0.3, -0.25) is 4.90 Å². The van der Waals surface area contributed by atoms with E-state index in [0.29, 0.717) is 0 Å². The molecule has 1 aliphatic carbocycles. The molecular weight excluding hydrogens is 358 g/mol. The molecule has 0 spiro atoms. The maximum atomic E-state index is 12.5. The fourth-order valence-electron chi connectivity index (χ4n) is 3.71. The summed E-state index contributed by atoms with van der Waals surface area (Å²) >= 11 is 0. The Hall–Kier alpha value is -2.86. The molecule has 1 aliphatic rings. The van der Waals surface area contributed by atoms with Gasteiger partial charge in [0.15, 0.2) is 6.04 Å². The van der Waals surface area contributed by atoms with E-state index in [1.54, 1.807) is 13.8 Å². The second-order valence-corrected chi connectivity index (χ2v) is 7.43. The predicted molar refractivity (Wildman–Crippen MR) is 105 cm³/mol. The molecule has 0 radical (unpaired) electrons. The summed E-state index contributed by atoms with van der Waals surface area (Å²) in [6, 6.07) is 14.6. The summed E-state index contributed by atoms with van der Waals surface area (Å²) < 4.78 is 5.48. The summed E-state index contributed by atoms with van der Waals surface area (Å²) in [7, 11) is 1.34. The summed E-state index contributed by atoms with van der Waals surface area (Å²) in [5, 5.41) is 19.6. The Morgan fingerprint density at radius 1 is 1.04 bits per heavy atom. The van der Waals surface area contributed by atoms with Crippen LogP contribution in [0.15, 0.2) is 48.5 Å². The van der Waals surface area contributed by atoms with Crippen LogP contribution in [0.25, 0.3) is 11.1 Å².